The molecule has 0 radical (unpaired) electrons. The Morgan fingerprint density at radius 2 is 2.25 bits per heavy atom. The highest BCUT2D eigenvalue weighted by atomic mass is 35.5. The zero-order chi connectivity index (χ0) is 14.1. The van der Waals surface area contributed by atoms with Gasteiger partial charge in [0.15, 0.2) is 0 Å². The first-order chi connectivity index (χ1) is 9.76. The van der Waals surface area contributed by atoms with Crippen LogP contribution in [0.15, 0.2) is 18.2 Å². The molecule has 3 nitrogen and oxygen atoms in total. The highest BCUT2D eigenvalue weighted by molar-refractivity contribution is 6.17. The van der Waals surface area contributed by atoms with E-state index in [0.29, 0.717) is 11.9 Å². The summed E-state index contributed by atoms with van der Waals surface area (Å²) in [5, 5.41) is 0. The average Bonchev–Trinajstić information content (AvgIpc) is 2.74. The van der Waals surface area contributed by atoms with E-state index in [1.54, 1.807) is 7.11 Å². The number of aromatic nitrogens is 2. The van der Waals surface area contributed by atoms with Crippen LogP contribution in [0.5, 0.6) is 5.75 Å². The summed E-state index contributed by atoms with van der Waals surface area (Å²) < 4.78 is 7.82. The Morgan fingerprint density at radius 1 is 1.45 bits per heavy atom. The van der Waals surface area contributed by atoms with Crippen LogP contribution in [0.25, 0.3) is 11.0 Å². The fraction of sp³-hybridized carbons (Fsp3) is 0.562. The summed E-state index contributed by atoms with van der Waals surface area (Å²) >= 11 is 5.96. The normalized spacial score (nSPS) is 17.1. The van der Waals surface area contributed by atoms with Crippen molar-refractivity contribution in [3.8, 4) is 5.75 Å². The zero-order valence-electron chi connectivity index (χ0n) is 12.1. The maximum Gasteiger partial charge on any atom is 0.146 e. The molecular formula is C16H21ClN2O. The number of rotatable bonds is 5. The van der Waals surface area contributed by atoms with Crippen molar-refractivity contribution in [2.24, 2.45) is 5.92 Å². The second-order valence-corrected chi connectivity index (χ2v) is 5.97. The van der Waals surface area contributed by atoms with E-state index in [1.807, 2.05) is 12.1 Å². The zero-order valence-corrected chi connectivity index (χ0v) is 12.9. The van der Waals surface area contributed by atoms with E-state index in [2.05, 4.69) is 17.6 Å². The van der Waals surface area contributed by atoms with Gasteiger partial charge in [0.05, 0.1) is 12.6 Å². The summed E-state index contributed by atoms with van der Waals surface area (Å²) in [4.78, 5) is 4.79. The number of nitrogens with zero attached hydrogens (tertiary/aromatic N) is 2. The first kappa shape index (κ1) is 13.7. The summed E-state index contributed by atoms with van der Waals surface area (Å²) in [6, 6.07) is 6.63. The summed E-state index contributed by atoms with van der Waals surface area (Å²) in [5.74, 6) is 3.30. The van der Waals surface area contributed by atoms with Gasteiger partial charge in [-0.05, 0) is 37.8 Å². The number of alkyl halides is 1. The summed E-state index contributed by atoms with van der Waals surface area (Å²) in [7, 11) is 1.70. The number of halogens is 1. The molecule has 0 amide bonds. The first-order valence-electron chi connectivity index (χ1n) is 7.36. The van der Waals surface area contributed by atoms with E-state index in [-0.39, 0.29) is 0 Å². The van der Waals surface area contributed by atoms with Gasteiger partial charge in [0.2, 0.25) is 0 Å². The number of aryl methyl sites for hydroxylation is 1. The van der Waals surface area contributed by atoms with Crippen molar-refractivity contribution >= 4 is 22.6 Å². The van der Waals surface area contributed by atoms with Crippen LogP contribution in [0.4, 0.5) is 0 Å². The Hall–Kier alpha value is -1.22. The van der Waals surface area contributed by atoms with Crippen LogP contribution < -0.4 is 4.74 Å². The summed E-state index contributed by atoms with van der Waals surface area (Å²) in [5.41, 5.74) is 2.13. The van der Waals surface area contributed by atoms with Crippen LogP contribution >= 0.6 is 11.6 Å². The van der Waals surface area contributed by atoms with Gasteiger partial charge in [0.25, 0.3) is 0 Å². The predicted molar refractivity (Wildman–Crippen MR) is 82.8 cm³/mol. The van der Waals surface area contributed by atoms with Crippen LogP contribution in [-0.2, 0) is 6.42 Å². The molecule has 0 aliphatic heterocycles. The van der Waals surface area contributed by atoms with E-state index >= 15 is 0 Å². The number of benzene rings is 1. The minimum atomic E-state index is 0.485. The minimum Gasteiger partial charge on any atom is -0.494 e. The van der Waals surface area contributed by atoms with Gasteiger partial charge in [-0.1, -0.05) is 12.5 Å². The molecule has 1 atom stereocenters. The lowest BCUT2D eigenvalue weighted by Crippen LogP contribution is -2.24. The van der Waals surface area contributed by atoms with E-state index < -0.39 is 0 Å². The van der Waals surface area contributed by atoms with Crippen molar-refractivity contribution in [3.05, 3.63) is 24.0 Å². The molecule has 3 rings (SSSR count). The van der Waals surface area contributed by atoms with Crippen molar-refractivity contribution in [2.75, 3.05) is 13.0 Å². The number of imidazole rings is 1. The van der Waals surface area contributed by atoms with Crippen LogP contribution in [0.1, 0.15) is 38.1 Å². The number of hydrogen-bond donors (Lipinski definition) is 0. The molecule has 108 valence electrons. The molecular weight excluding hydrogens is 272 g/mol. The van der Waals surface area contributed by atoms with Crippen molar-refractivity contribution in [3.63, 3.8) is 0 Å². The fourth-order valence-corrected chi connectivity index (χ4v) is 3.32. The molecule has 1 fully saturated rings. The van der Waals surface area contributed by atoms with Crippen molar-refractivity contribution in [1.29, 1.82) is 0 Å². The monoisotopic (exact) mass is 292 g/mol. The van der Waals surface area contributed by atoms with Crippen molar-refractivity contribution < 1.29 is 4.74 Å². The molecule has 1 unspecified atom stereocenters. The van der Waals surface area contributed by atoms with Crippen molar-refractivity contribution in [1.82, 2.24) is 9.55 Å². The second-order valence-electron chi connectivity index (χ2n) is 5.60. The standard InChI is InChI=1S/C16H21ClN2O/c1-11(12-5-3-6-12)19-13-7-4-8-14(20-2)16(13)18-15(19)9-10-17/h4,7-8,11-12H,3,5-6,9-10H2,1-2H3. The van der Waals surface area contributed by atoms with Crippen LogP contribution in [0.2, 0.25) is 0 Å². The van der Waals surface area contributed by atoms with Crippen LogP contribution in [0, 0.1) is 5.92 Å². The lowest BCUT2D eigenvalue weighted by atomic mass is 9.80. The Morgan fingerprint density at radius 3 is 2.85 bits per heavy atom. The molecule has 1 aromatic carbocycles. The van der Waals surface area contributed by atoms with Gasteiger partial charge in [0.1, 0.15) is 17.1 Å². The minimum absolute atomic E-state index is 0.485. The van der Waals surface area contributed by atoms with Gasteiger partial charge in [-0.2, -0.15) is 0 Å². The molecule has 0 spiro atoms. The predicted octanol–water partition coefficient (Wildman–Crippen LogP) is 4.19. The van der Waals surface area contributed by atoms with Crippen LogP contribution in [-0.4, -0.2) is 22.5 Å². The molecule has 0 saturated heterocycles. The maximum absolute atomic E-state index is 5.96. The van der Waals surface area contributed by atoms with Gasteiger partial charge >= 0.3 is 0 Å². The lowest BCUT2D eigenvalue weighted by Gasteiger charge is -2.33. The van der Waals surface area contributed by atoms with E-state index in [0.717, 1.165) is 29.4 Å². The van der Waals surface area contributed by atoms with Crippen LogP contribution in [0.3, 0.4) is 0 Å². The molecule has 0 bridgehead atoms. The molecule has 1 heterocycles. The molecule has 1 aliphatic carbocycles. The number of para-hydroxylation sites is 1. The molecule has 4 heteroatoms. The van der Waals surface area contributed by atoms with Gasteiger partial charge in [-0.15, -0.1) is 11.6 Å². The number of fused-ring (bicyclic) bond motifs is 1. The highest BCUT2D eigenvalue weighted by Crippen LogP contribution is 2.39. The fourth-order valence-electron chi connectivity index (χ4n) is 3.15. The van der Waals surface area contributed by atoms with Gasteiger partial charge in [0, 0.05) is 18.3 Å². The summed E-state index contributed by atoms with van der Waals surface area (Å²) in [6.45, 7) is 2.31. The maximum atomic E-state index is 5.96. The first-order valence-corrected chi connectivity index (χ1v) is 7.89. The Bertz CT molecular complexity index is 604. The quantitative estimate of drug-likeness (QED) is 0.773. The Kier molecular flexibility index (Phi) is 3.88. The number of hydrogen-bond acceptors (Lipinski definition) is 2. The lowest BCUT2D eigenvalue weighted by molar-refractivity contribution is 0.223. The summed E-state index contributed by atoms with van der Waals surface area (Å²) in [6.07, 6.45) is 4.81. The highest BCUT2D eigenvalue weighted by Gasteiger charge is 2.28. The molecule has 0 N–H and O–H groups in total. The molecule has 20 heavy (non-hydrogen) atoms. The van der Waals surface area contributed by atoms with E-state index in [4.69, 9.17) is 21.3 Å². The molecule has 1 aromatic heterocycles. The van der Waals surface area contributed by atoms with Gasteiger partial charge < -0.3 is 9.30 Å². The third-order valence-electron chi connectivity index (χ3n) is 4.53. The molecule has 1 aliphatic rings. The number of methoxy groups -OCH3 is 1. The van der Waals surface area contributed by atoms with Gasteiger partial charge in [-0.25, -0.2) is 4.98 Å². The Labute approximate surface area is 124 Å². The second kappa shape index (κ2) is 5.65. The molecule has 2 aromatic rings. The van der Waals surface area contributed by atoms with Crippen molar-refractivity contribution in [2.45, 2.75) is 38.6 Å². The van der Waals surface area contributed by atoms with E-state index in [1.165, 1.54) is 24.8 Å². The third-order valence-corrected chi connectivity index (χ3v) is 4.72. The topological polar surface area (TPSA) is 27.1 Å². The van der Waals surface area contributed by atoms with Gasteiger partial charge in [-0.3, -0.25) is 0 Å². The molecule has 1 saturated carbocycles. The largest absolute Gasteiger partial charge is 0.494 e. The number of ether oxygens (including phenoxy) is 1. The average molecular weight is 293 g/mol. The van der Waals surface area contributed by atoms with E-state index in [9.17, 15) is 0 Å². The smallest absolute Gasteiger partial charge is 0.146 e. The Balaban J connectivity index is 2.13. The third kappa shape index (κ3) is 2.18. The SMILES string of the molecule is COc1cccc2c1nc(CCCl)n2C(C)C1CCC1.